The lowest BCUT2D eigenvalue weighted by Crippen LogP contribution is -2.27. The molecule has 192 valence electrons. The molecule has 0 unspecified atom stereocenters. The zero-order valence-corrected chi connectivity index (χ0v) is 23.6. The van der Waals surface area contributed by atoms with E-state index in [9.17, 15) is 9.59 Å². The fraction of sp³-hybridized carbons (Fsp3) is 0.133. The second kappa shape index (κ2) is 11.6. The molecule has 1 aliphatic rings. The largest absolute Gasteiger partial charge is 0.490 e. The molecule has 0 atom stereocenters. The molecule has 0 spiro atoms. The van der Waals surface area contributed by atoms with Crippen molar-refractivity contribution in [3.8, 4) is 11.5 Å². The number of hydrogen-bond donors (Lipinski definition) is 0. The monoisotopic (exact) mass is 607 g/mol. The van der Waals surface area contributed by atoms with Crippen LogP contribution in [0.5, 0.6) is 11.5 Å². The van der Waals surface area contributed by atoms with Crippen molar-refractivity contribution < 1.29 is 19.1 Å². The summed E-state index contributed by atoms with van der Waals surface area (Å²) >= 11 is 11.0. The molecule has 5 nitrogen and oxygen atoms in total. The first-order chi connectivity index (χ1) is 18.4. The van der Waals surface area contributed by atoms with E-state index in [1.165, 1.54) is 4.90 Å². The SMILES string of the molecule is CCOc1cc(/C=C2\SC(=O)N(Cc3ccc(Br)cc3)C2=O)cc(Cl)c1OCc1cccc2ccccc12. The minimum absolute atomic E-state index is 0.210. The summed E-state index contributed by atoms with van der Waals surface area (Å²) in [5.74, 6) is 0.566. The molecule has 0 radical (unpaired) electrons. The first-order valence-corrected chi connectivity index (χ1v) is 14.0. The Morgan fingerprint density at radius 3 is 2.53 bits per heavy atom. The molecule has 1 fully saturated rings. The lowest BCUT2D eigenvalue weighted by molar-refractivity contribution is -0.123. The van der Waals surface area contributed by atoms with Crippen LogP contribution in [-0.2, 0) is 17.9 Å². The molecule has 8 heteroatoms. The molecule has 4 aromatic rings. The Morgan fingerprint density at radius 1 is 0.974 bits per heavy atom. The number of carbonyl (C=O) groups is 2. The number of fused-ring (bicyclic) bond motifs is 1. The lowest BCUT2D eigenvalue weighted by Gasteiger charge is -2.15. The molecule has 1 aliphatic heterocycles. The maximum absolute atomic E-state index is 13.0. The van der Waals surface area contributed by atoms with Crippen LogP contribution in [0.4, 0.5) is 4.79 Å². The Hall–Kier alpha value is -3.26. The van der Waals surface area contributed by atoms with Gasteiger partial charge in [-0.25, -0.2) is 0 Å². The van der Waals surface area contributed by atoms with Gasteiger partial charge < -0.3 is 9.47 Å². The number of imide groups is 1. The maximum atomic E-state index is 13.0. The highest BCUT2D eigenvalue weighted by molar-refractivity contribution is 9.10. The summed E-state index contributed by atoms with van der Waals surface area (Å²) in [7, 11) is 0. The number of carbonyl (C=O) groups excluding carboxylic acids is 2. The third-order valence-corrected chi connectivity index (χ3v) is 7.73. The molecular formula is C30H23BrClNO4S. The molecule has 0 saturated carbocycles. The van der Waals surface area contributed by atoms with Crippen LogP contribution >= 0.6 is 39.3 Å². The number of thioether (sulfide) groups is 1. The quantitative estimate of drug-likeness (QED) is 0.188. The van der Waals surface area contributed by atoms with E-state index < -0.39 is 0 Å². The van der Waals surface area contributed by atoms with Gasteiger partial charge in [-0.2, -0.15) is 0 Å². The van der Waals surface area contributed by atoms with Crippen LogP contribution < -0.4 is 9.47 Å². The maximum Gasteiger partial charge on any atom is 0.293 e. The van der Waals surface area contributed by atoms with Gasteiger partial charge in [0.1, 0.15) is 6.61 Å². The summed E-state index contributed by atoms with van der Waals surface area (Å²) in [5, 5.41) is 2.29. The fourth-order valence-corrected chi connectivity index (χ4v) is 5.58. The molecule has 0 aliphatic carbocycles. The summed E-state index contributed by atoms with van der Waals surface area (Å²) in [6.07, 6.45) is 1.66. The molecular weight excluding hydrogens is 586 g/mol. The highest BCUT2D eigenvalue weighted by atomic mass is 79.9. The molecule has 38 heavy (non-hydrogen) atoms. The van der Waals surface area contributed by atoms with Gasteiger partial charge in [-0.1, -0.05) is 82.1 Å². The van der Waals surface area contributed by atoms with E-state index >= 15 is 0 Å². The van der Waals surface area contributed by atoms with E-state index in [0.29, 0.717) is 40.2 Å². The third kappa shape index (κ3) is 5.75. The van der Waals surface area contributed by atoms with Crippen molar-refractivity contribution in [1.82, 2.24) is 4.90 Å². The molecule has 2 amide bonds. The summed E-state index contributed by atoms with van der Waals surface area (Å²) in [6, 6.07) is 25.2. The zero-order chi connectivity index (χ0) is 26.6. The Balaban J connectivity index is 1.38. The third-order valence-electron chi connectivity index (χ3n) is 6.01. The van der Waals surface area contributed by atoms with E-state index in [0.717, 1.165) is 38.1 Å². The fourth-order valence-electron chi connectivity index (χ4n) is 4.20. The van der Waals surface area contributed by atoms with Gasteiger partial charge in [-0.3, -0.25) is 14.5 Å². The van der Waals surface area contributed by atoms with E-state index in [2.05, 4.69) is 34.1 Å². The number of benzene rings is 4. The van der Waals surface area contributed by atoms with Crippen LogP contribution in [0.2, 0.25) is 5.02 Å². The number of halogens is 2. The average molecular weight is 609 g/mol. The molecule has 1 heterocycles. The minimum atomic E-state index is -0.340. The van der Waals surface area contributed by atoms with Crippen LogP contribution in [0.1, 0.15) is 23.6 Å². The highest BCUT2D eigenvalue weighted by Gasteiger charge is 2.35. The van der Waals surface area contributed by atoms with Gasteiger partial charge in [0, 0.05) is 4.47 Å². The van der Waals surface area contributed by atoms with Gasteiger partial charge in [0.2, 0.25) is 0 Å². The lowest BCUT2D eigenvalue weighted by atomic mass is 10.1. The van der Waals surface area contributed by atoms with Crippen LogP contribution in [0, 0.1) is 0 Å². The Labute approximate surface area is 238 Å². The van der Waals surface area contributed by atoms with Crippen molar-refractivity contribution in [2.45, 2.75) is 20.1 Å². The smallest absolute Gasteiger partial charge is 0.293 e. The normalized spacial score (nSPS) is 14.5. The highest BCUT2D eigenvalue weighted by Crippen LogP contribution is 2.40. The molecule has 0 aromatic heterocycles. The average Bonchev–Trinajstić information content (AvgIpc) is 3.17. The molecule has 4 aromatic carbocycles. The van der Waals surface area contributed by atoms with Crippen LogP contribution in [0.3, 0.4) is 0 Å². The summed E-state index contributed by atoms with van der Waals surface area (Å²) < 4.78 is 12.9. The van der Waals surface area contributed by atoms with Crippen molar-refractivity contribution in [3.63, 3.8) is 0 Å². The predicted octanol–water partition coefficient (Wildman–Crippen LogP) is 8.47. The van der Waals surface area contributed by atoms with Crippen LogP contribution in [0.15, 0.2) is 88.2 Å². The van der Waals surface area contributed by atoms with Crippen LogP contribution in [-0.4, -0.2) is 22.7 Å². The number of rotatable bonds is 8. The van der Waals surface area contributed by atoms with Crippen molar-refractivity contribution in [1.29, 1.82) is 0 Å². The Morgan fingerprint density at radius 2 is 1.74 bits per heavy atom. The Kier molecular flexibility index (Phi) is 8.07. The first-order valence-electron chi connectivity index (χ1n) is 12.0. The second-order valence-corrected chi connectivity index (χ2v) is 10.9. The van der Waals surface area contributed by atoms with Gasteiger partial charge >= 0.3 is 0 Å². The molecule has 0 N–H and O–H groups in total. The Bertz CT molecular complexity index is 1550. The van der Waals surface area contributed by atoms with Gasteiger partial charge in [-0.15, -0.1) is 0 Å². The van der Waals surface area contributed by atoms with E-state index in [-0.39, 0.29) is 17.7 Å². The zero-order valence-electron chi connectivity index (χ0n) is 20.4. The number of amides is 2. The summed E-state index contributed by atoms with van der Waals surface area (Å²) in [5.41, 5.74) is 2.54. The van der Waals surface area contributed by atoms with Gasteiger partial charge in [0.05, 0.1) is 23.1 Å². The molecule has 5 rings (SSSR count). The topological polar surface area (TPSA) is 55.8 Å². The summed E-state index contributed by atoms with van der Waals surface area (Å²) in [4.78, 5) is 27.2. The number of ether oxygens (including phenoxy) is 2. The second-order valence-electron chi connectivity index (χ2n) is 8.58. The number of hydrogen-bond acceptors (Lipinski definition) is 5. The van der Waals surface area contributed by atoms with Crippen molar-refractivity contribution in [3.05, 3.63) is 110 Å². The van der Waals surface area contributed by atoms with Crippen molar-refractivity contribution in [2.75, 3.05) is 6.61 Å². The van der Waals surface area contributed by atoms with Crippen molar-refractivity contribution in [2.24, 2.45) is 0 Å². The van der Waals surface area contributed by atoms with Gasteiger partial charge in [0.15, 0.2) is 11.5 Å². The van der Waals surface area contributed by atoms with E-state index in [1.807, 2.05) is 55.5 Å². The predicted molar refractivity (Wildman–Crippen MR) is 157 cm³/mol. The van der Waals surface area contributed by atoms with Crippen molar-refractivity contribution >= 4 is 67.3 Å². The van der Waals surface area contributed by atoms with E-state index in [4.69, 9.17) is 21.1 Å². The summed E-state index contributed by atoms with van der Waals surface area (Å²) in [6.45, 7) is 2.81. The molecule has 1 saturated heterocycles. The van der Waals surface area contributed by atoms with Gasteiger partial charge in [0.25, 0.3) is 11.1 Å². The standard InChI is InChI=1S/C30H23BrClNO4S/c1-2-36-26-15-20(16-27-29(34)33(30(35)38-27)17-19-10-12-23(31)13-11-19)14-25(32)28(26)37-18-22-8-5-7-21-6-3-4-9-24(21)22/h3-16H,2,17-18H2,1H3/b27-16-. The first kappa shape index (κ1) is 26.4. The van der Waals surface area contributed by atoms with Gasteiger partial charge in [-0.05, 0) is 76.5 Å². The molecule has 0 bridgehead atoms. The van der Waals surface area contributed by atoms with E-state index in [1.54, 1.807) is 18.2 Å². The minimum Gasteiger partial charge on any atom is -0.490 e. The number of nitrogens with zero attached hydrogens (tertiary/aromatic N) is 1. The van der Waals surface area contributed by atoms with Crippen LogP contribution in [0.25, 0.3) is 16.8 Å².